The smallest absolute Gasteiger partial charge is 0.256 e. The van der Waals surface area contributed by atoms with Crippen LogP contribution in [-0.2, 0) is 0 Å². The molecule has 154 valence electrons. The fourth-order valence-electron chi connectivity index (χ4n) is 3.44. The van der Waals surface area contributed by atoms with E-state index in [9.17, 15) is 4.79 Å². The maximum absolute atomic E-state index is 13.3. The lowest BCUT2D eigenvalue weighted by molar-refractivity contribution is 0.102. The van der Waals surface area contributed by atoms with E-state index in [4.69, 9.17) is 13.8 Å². The molecule has 0 fully saturated rings. The van der Waals surface area contributed by atoms with Gasteiger partial charge in [0.1, 0.15) is 5.69 Å². The number of nitrogens with zero attached hydrogens (tertiary/aromatic N) is 4. The summed E-state index contributed by atoms with van der Waals surface area (Å²) in [7, 11) is 0. The molecule has 0 aliphatic rings. The van der Waals surface area contributed by atoms with E-state index in [0.717, 1.165) is 5.56 Å². The normalized spacial score (nSPS) is 11.3. The highest BCUT2D eigenvalue weighted by Gasteiger charge is 2.19. The number of oxazole rings is 1. The van der Waals surface area contributed by atoms with Crippen molar-refractivity contribution in [2.45, 2.75) is 19.9 Å². The van der Waals surface area contributed by atoms with Gasteiger partial charge in [-0.25, -0.2) is 14.6 Å². The molecule has 4 aromatic heterocycles. The highest BCUT2D eigenvalue weighted by Crippen LogP contribution is 2.28. The Hall–Kier alpha value is -4.20. The summed E-state index contributed by atoms with van der Waals surface area (Å²) < 4.78 is 12.7. The Kier molecular flexibility index (Phi) is 4.59. The number of anilines is 1. The number of amides is 1. The van der Waals surface area contributed by atoms with Crippen molar-refractivity contribution in [1.29, 1.82) is 0 Å². The van der Waals surface area contributed by atoms with Crippen molar-refractivity contribution in [1.82, 2.24) is 19.7 Å². The molecular formula is C23H19N5O3. The second-order valence-corrected chi connectivity index (χ2v) is 7.35. The van der Waals surface area contributed by atoms with Crippen molar-refractivity contribution >= 4 is 22.6 Å². The zero-order valence-corrected chi connectivity index (χ0v) is 16.9. The van der Waals surface area contributed by atoms with Crippen molar-refractivity contribution in [3.63, 3.8) is 0 Å². The number of aromatic nitrogens is 4. The Balaban J connectivity index is 1.56. The third-order valence-corrected chi connectivity index (χ3v) is 4.91. The van der Waals surface area contributed by atoms with Gasteiger partial charge in [-0.15, -0.1) is 0 Å². The molecule has 1 aromatic carbocycles. The number of benzene rings is 1. The van der Waals surface area contributed by atoms with Crippen LogP contribution in [0.3, 0.4) is 0 Å². The SMILES string of the molecule is CC(C)n1ncc2c(C(=O)Nc3cccc(-c4cnco4)c3)cc(-c3ccco3)nc21. The fraction of sp³-hybridized carbons (Fsp3) is 0.130. The van der Waals surface area contributed by atoms with E-state index in [1.54, 1.807) is 35.5 Å². The molecule has 4 heterocycles. The van der Waals surface area contributed by atoms with Crippen molar-refractivity contribution in [2.24, 2.45) is 0 Å². The molecule has 0 radical (unpaired) electrons. The minimum absolute atomic E-state index is 0.0892. The van der Waals surface area contributed by atoms with Crippen LogP contribution in [0.2, 0.25) is 0 Å². The Bertz CT molecular complexity index is 1350. The zero-order valence-electron chi connectivity index (χ0n) is 16.9. The number of carbonyl (C=O) groups excluding carboxylic acids is 1. The Morgan fingerprint density at radius 3 is 2.71 bits per heavy atom. The van der Waals surface area contributed by atoms with Crippen molar-refractivity contribution in [3.8, 4) is 22.8 Å². The van der Waals surface area contributed by atoms with Crippen molar-refractivity contribution < 1.29 is 13.6 Å². The quantitative estimate of drug-likeness (QED) is 0.426. The topological polar surface area (TPSA) is 99.0 Å². The minimum atomic E-state index is -0.266. The average Bonchev–Trinajstić information content (AvgIpc) is 3.54. The molecular weight excluding hydrogens is 394 g/mol. The third kappa shape index (κ3) is 3.48. The Morgan fingerprint density at radius 2 is 1.97 bits per heavy atom. The summed E-state index contributed by atoms with van der Waals surface area (Å²) in [5.41, 5.74) is 3.12. The van der Waals surface area contributed by atoms with Gasteiger partial charge in [0.2, 0.25) is 0 Å². The predicted molar refractivity (Wildman–Crippen MR) is 116 cm³/mol. The van der Waals surface area contributed by atoms with Crippen LogP contribution in [0.5, 0.6) is 0 Å². The summed E-state index contributed by atoms with van der Waals surface area (Å²) in [4.78, 5) is 21.9. The molecule has 0 saturated carbocycles. The molecule has 0 bridgehead atoms. The maximum Gasteiger partial charge on any atom is 0.256 e. The second-order valence-electron chi connectivity index (χ2n) is 7.35. The van der Waals surface area contributed by atoms with Crippen LogP contribution in [0.4, 0.5) is 5.69 Å². The first-order chi connectivity index (χ1) is 15.1. The van der Waals surface area contributed by atoms with E-state index in [1.807, 2.05) is 44.2 Å². The van der Waals surface area contributed by atoms with Crippen LogP contribution in [0.15, 0.2) is 76.3 Å². The lowest BCUT2D eigenvalue weighted by Crippen LogP contribution is -2.13. The average molecular weight is 413 g/mol. The molecule has 1 amide bonds. The molecule has 0 saturated heterocycles. The number of furan rings is 1. The molecule has 1 N–H and O–H groups in total. The van der Waals surface area contributed by atoms with Gasteiger partial charge in [0, 0.05) is 17.3 Å². The van der Waals surface area contributed by atoms with Crippen LogP contribution in [0.1, 0.15) is 30.2 Å². The number of rotatable bonds is 5. The lowest BCUT2D eigenvalue weighted by Gasteiger charge is -2.10. The summed E-state index contributed by atoms with van der Waals surface area (Å²) in [6, 6.07) is 12.8. The third-order valence-electron chi connectivity index (χ3n) is 4.91. The summed E-state index contributed by atoms with van der Waals surface area (Å²) in [6.45, 7) is 4.03. The van der Waals surface area contributed by atoms with E-state index in [0.29, 0.717) is 39.5 Å². The monoisotopic (exact) mass is 413 g/mol. The molecule has 0 aliphatic carbocycles. The van der Waals surface area contributed by atoms with Crippen LogP contribution in [-0.4, -0.2) is 25.7 Å². The van der Waals surface area contributed by atoms with Gasteiger partial charge in [0.15, 0.2) is 23.6 Å². The molecule has 31 heavy (non-hydrogen) atoms. The molecule has 5 aromatic rings. The number of pyridine rings is 1. The standard InChI is InChI=1S/C23H19N5O3/c1-14(2)28-22-18(11-25-28)17(10-19(27-22)20-7-4-8-30-20)23(29)26-16-6-3-5-15(9-16)21-12-24-13-31-21/h3-14H,1-2H3,(H,26,29). The number of carbonyl (C=O) groups is 1. The van der Waals surface area contributed by atoms with Crippen LogP contribution in [0.25, 0.3) is 33.8 Å². The minimum Gasteiger partial charge on any atom is -0.463 e. The summed E-state index contributed by atoms with van der Waals surface area (Å²) in [5, 5.41) is 8.08. The van der Waals surface area contributed by atoms with E-state index in [2.05, 4.69) is 15.4 Å². The predicted octanol–water partition coefficient (Wildman–Crippen LogP) is 5.18. The Morgan fingerprint density at radius 1 is 1.06 bits per heavy atom. The van der Waals surface area contributed by atoms with E-state index >= 15 is 0 Å². The van der Waals surface area contributed by atoms with Crippen LogP contribution in [0, 0.1) is 0 Å². The van der Waals surface area contributed by atoms with Gasteiger partial charge >= 0.3 is 0 Å². The van der Waals surface area contributed by atoms with Gasteiger partial charge in [-0.2, -0.15) is 5.10 Å². The molecule has 5 rings (SSSR count). The first kappa shape index (κ1) is 18.8. The van der Waals surface area contributed by atoms with Crippen LogP contribution < -0.4 is 5.32 Å². The van der Waals surface area contributed by atoms with Gasteiger partial charge in [-0.05, 0) is 44.2 Å². The first-order valence-electron chi connectivity index (χ1n) is 9.82. The molecule has 0 spiro atoms. The van der Waals surface area contributed by atoms with E-state index < -0.39 is 0 Å². The molecule has 8 nitrogen and oxygen atoms in total. The molecule has 0 unspecified atom stereocenters. The molecule has 0 aliphatic heterocycles. The zero-order chi connectivity index (χ0) is 21.4. The highest BCUT2D eigenvalue weighted by molar-refractivity contribution is 6.12. The summed E-state index contributed by atoms with van der Waals surface area (Å²) in [6.07, 6.45) is 6.25. The summed E-state index contributed by atoms with van der Waals surface area (Å²) in [5.74, 6) is 0.943. The van der Waals surface area contributed by atoms with E-state index in [1.165, 1.54) is 6.39 Å². The van der Waals surface area contributed by atoms with E-state index in [-0.39, 0.29) is 11.9 Å². The maximum atomic E-state index is 13.3. The number of hydrogen-bond acceptors (Lipinski definition) is 6. The van der Waals surface area contributed by atoms with Gasteiger partial charge in [0.05, 0.1) is 29.6 Å². The number of hydrogen-bond donors (Lipinski definition) is 1. The number of fused-ring (bicyclic) bond motifs is 1. The summed E-state index contributed by atoms with van der Waals surface area (Å²) >= 11 is 0. The molecule has 0 atom stereocenters. The lowest BCUT2D eigenvalue weighted by atomic mass is 10.1. The number of nitrogens with one attached hydrogen (secondary N) is 1. The second kappa shape index (κ2) is 7.56. The highest BCUT2D eigenvalue weighted by atomic mass is 16.3. The van der Waals surface area contributed by atoms with Gasteiger partial charge in [-0.1, -0.05) is 12.1 Å². The largest absolute Gasteiger partial charge is 0.463 e. The first-order valence-corrected chi connectivity index (χ1v) is 9.82. The van der Waals surface area contributed by atoms with Gasteiger partial charge < -0.3 is 14.2 Å². The van der Waals surface area contributed by atoms with Crippen molar-refractivity contribution in [2.75, 3.05) is 5.32 Å². The van der Waals surface area contributed by atoms with Crippen molar-refractivity contribution in [3.05, 3.63) is 73.1 Å². The fourth-order valence-corrected chi connectivity index (χ4v) is 3.44. The van der Waals surface area contributed by atoms with Gasteiger partial charge in [-0.3, -0.25) is 4.79 Å². The van der Waals surface area contributed by atoms with Gasteiger partial charge in [0.25, 0.3) is 5.91 Å². The Labute approximate surface area is 177 Å². The van der Waals surface area contributed by atoms with Crippen LogP contribution >= 0.6 is 0 Å². The molecule has 8 heteroatoms.